The molecule has 0 spiro atoms. The maximum Gasteiger partial charge on any atom is 0.254 e. The lowest BCUT2D eigenvalue weighted by molar-refractivity contribution is 0.0888. The van der Waals surface area contributed by atoms with E-state index in [1.165, 1.54) is 37.8 Å². The number of halogens is 1. The van der Waals surface area contributed by atoms with Crippen molar-refractivity contribution in [2.45, 2.75) is 76.8 Å². The van der Waals surface area contributed by atoms with Gasteiger partial charge < -0.3 is 19.9 Å². The first-order valence-corrected chi connectivity index (χ1v) is 16.0. The summed E-state index contributed by atoms with van der Waals surface area (Å²) in [5, 5.41) is 11.7. The minimum atomic E-state index is -0.649. The van der Waals surface area contributed by atoms with Crippen molar-refractivity contribution in [3.63, 3.8) is 0 Å². The van der Waals surface area contributed by atoms with Gasteiger partial charge in [-0.15, -0.1) is 0 Å². The molecule has 0 bridgehead atoms. The summed E-state index contributed by atoms with van der Waals surface area (Å²) in [5.74, 6) is 0.00450. The van der Waals surface area contributed by atoms with Crippen LogP contribution in [-0.4, -0.2) is 51.2 Å². The molecule has 0 unspecified atom stereocenters. The highest BCUT2D eigenvalue weighted by molar-refractivity contribution is 5.95. The summed E-state index contributed by atoms with van der Waals surface area (Å²) >= 11 is 0. The number of H-pyrrole nitrogens is 1. The lowest BCUT2D eigenvalue weighted by Gasteiger charge is -2.36. The molecule has 2 aromatic carbocycles. The van der Waals surface area contributed by atoms with E-state index in [1.807, 2.05) is 24.3 Å². The predicted octanol–water partition coefficient (Wildman–Crippen LogP) is 6.61. The van der Waals surface area contributed by atoms with Crippen LogP contribution in [0.5, 0.6) is 11.5 Å². The average Bonchev–Trinajstić information content (AvgIpc) is 3.59. The van der Waals surface area contributed by atoms with Gasteiger partial charge in [-0.2, -0.15) is 10.2 Å². The van der Waals surface area contributed by atoms with Crippen molar-refractivity contribution in [3.8, 4) is 22.8 Å². The largest absolute Gasteiger partial charge is 0.457 e. The number of piperidine rings is 1. The quantitative estimate of drug-likeness (QED) is 0.221. The second-order valence-corrected chi connectivity index (χ2v) is 12.5. The van der Waals surface area contributed by atoms with Crippen LogP contribution in [-0.2, 0) is 6.42 Å². The van der Waals surface area contributed by atoms with Crippen LogP contribution in [0.1, 0.15) is 85.5 Å². The normalized spacial score (nSPS) is 16.3. The molecule has 45 heavy (non-hydrogen) atoms. The zero-order valence-corrected chi connectivity index (χ0v) is 25.9. The van der Waals surface area contributed by atoms with Crippen LogP contribution in [0, 0.1) is 5.82 Å². The summed E-state index contributed by atoms with van der Waals surface area (Å²) in [4.78, 5) is 31.0. The summed E-state index contributed by atoms with van der Waals surface area (Å²) < 4.78 is 21.8. The summed E-state index contributed by atoms with van der Waals surface area (Å²) in [6.07, 6.45) is 8.49. The van der Waals surface area contributed by atoms with Gasteiger partial charge in [0.1, 0.15) is 17.3 Å². The van der Waals surface area contributed by atoms with Gasteiger partial charge >= 0.3 is 0 Å². The third kappa shape index (κ3) is 7.31. The Morgan fingerprint density at radius 1 is 1.00 bits per heavy atom. The molecule has 3 heterocycles. The van der Waals surface area contributed by atoms with Gasteiger partial charge in [0, 0.05) is 54.5 Å². The molecular formula is C36H40FN5O3. The molecule has 2 fully saturated rings. The van der Waals surface area contributed by atoms with Gasteiger partial charge in [-0.05, 0) is 86.2 Å². The van der Waals surface area contributed by atoms with Gasteiger partial charge in [0.2, 0.25) is 0 Å². The van der Waals surface area contributed by atoms with Crippen molar-refractivity contribution in [1.82, 2.24) is 25.4 Å². The third-order valence-electron chi connectivity index (χ3n) is 9.04. The van der Waals surface area contributed by atoms with Crippen molar-refractivity contribution < 1.29 is 13.9 Å². The number of hydrogen-bond acceptors (Lipinski definition) is 6. The lowest BCUT2D eigenvalue weighted by Crippen LogP contribution is -2.47. The first-order valence-electron chi connectivity index (χ1n) is 16.0. The van der Waals surface area contributed by atoms with E-state index >= 15 is 4.39 Å². The van der Waals surface area contributed by atoms with Gasteiger partial charge in [0.15, 0.2) is 0 Å². The first-order chi connectivity index (χ1) is 21.8. The van der Waals surface area contributed by atoms with Crippen molar-refractivity contribution in [2.24, 2.45) is 0 Å². The second-order valence-electron chi connectivity index (χ2n) is 12.5. The lowest BCUT2D eigenvalue weighted by atomic mass is 10.00. The summed E-state index contributed by atoms with van der Waals surface area (Å²) in [5.41, 5.74) is 3.13. The molecule has 1 saturated carbocycles. The van der Waals surface area contributed by atoms with Crippen LogP contribution in [0.3, 0.4) is 0 Å². The SMILES string of the molecule is CC(C)c1ccc(-c2ccc(Oc3cc(C(=O)NC4CCN(C5CCCC5)CC4)c(F)cc3Cc3ccc[nH]c3=O)cc2)nn1. The third-order valence-corrected chi connectivity index (χ3v) is 9.04. The standard InChI is InChI=1S/C36H40FN5O3/c1-23(2)32-13-14-33(41-40-32)24-9-11-29(12-10-24)45-34-22-30(31(37)21-26(34)20-25-6-5-17-38-35(25)43)36(44)39-27-15-18-42(19-16-27)28-7-3-4-8-28/h5-6,9-14,17,21-23,27-28H,3-4,7-8,15-16,18-20H2,1-2H3,(H,38,43)(H,39,44). The Kier molecular flexibility index (Phi) is 9.35. The summed E-state index contributed by atoms with van der Waals surface area (Å²) in [6, 6.07) is 18.1. The number of benzene rings is 2. The smallest absolute Gasteiger partial charge is 0.254 e. The van der Waals surface area contributed by atoms with Crippen LogP contribution in [0.15, 0.2) is 71.7 Å². The molecule has 6 rings (SSSR count). The molecule has 234 valence electrons. The van der Waals surface area contributed by atoms with Gasteiger partial charge in [0.25, 0.3) is 11.5 Å². The van der Waals surface area contributed by atoms with Gasteiger partial charge in [0.05, 0.1) is 17.0 Å². The highest BCUT2D eigenvalue weighted by Gasteiger charge is 2.28. The van der Waals surface area contributed by atoms with E-state index in [0.717, 1.165) is 42.9 Å². The predicted molar refractivity (Wildman–Crippen MR) is 172 cm³/mol. The minimum absolute atomic E-state index is 0.00766. The molecule has 1 aliphatic carbocycles. The topological polar surface area (TPSA) is 100 Å². The van der Waals surface area contributed by atoms with E-state index < -0.39 is 11.7 Å². The Bertz CT molecular complexity index is 1670. The van der Waals surface area contributed by atoms with Crippen LogP contribution < -0.4 is 15.6 Å². The van der Waals surface area contributed by atoms with Gasteiger partial charge in [-0.3, -0.25) is 9.59 Å². The second kappa shape index (κ2) is 13.7. The van der Waals surface area contributed by atoms with Crippen molar-refractivity contribution in [3.05, 3.63) is 105 Å². The molecule has 4 aromatic rings. The van der Waals surface area contributed by atoms with Crippen molar-refractivity contribution in [2.75, 3.05) is 13.1 Å². The van der Waals surface area contributed by atoms with E-state index in [-0.39, 0.29) is 23.6 Å². The van der Waals surface area contributed by atoms with Crippen LogP contribution in [0.4, 0.5) is 4.39 Å². The Labute approximate surface area is 263 Å². The minimum Gasteiger partial charge on any atom is -0.457 e. The number of likely N-dealkylation sites (tertiary alicyclic amines) is 1. The highest BCUT2D eigenvalue weighted by atomic mass is 19.1. The maximum absolute atomic E-state index is 15.5. The molecular weight excluding hydrogens is 569 g/mol. The fourth-order valence-electron chi connectivity index (χ4n) is 6.37. The number of amides is 1. The Morgan fingerprint density at radius 3 is 2.42 bits per heavy atom. The number of ether oxygens (including phenoxy) is 1. The molecule has 9 heteroatoms. The number of aromatic nitrogens is 3. The monoisotopic (exact) mass is 609 g/mol. The Hall–Kier alpha value is -4.37. The number of nitrogens with zero attached hydrogens (tertiary/aromatic N) is 3. The summed E-state index contributed by atoms with van der Waals surface area (Å²) in [6.45, 7) is 6.03. The number of carbonyl (C=O) groups is 1. The Morgan fingerprint density at radius 2 is 1.76 bits per heavy atom. The molecule has 2 aromatic heterocycles. The van der Waals surface area contributed by atoms with E-state index in [2.05, 4.69) is 39.2 Å². The zero-order chi connectivity index (χ0) is 31.3. The van der Waals surface area contributed by atoms with Crippen molar-refractivity contribution in [1.29, 1.82) is 0 Å². The van der Waals surface area contributed by atoms with Crippen LogP contribution in [0.25, 0.3) is 11.3 Å². The van der Waals surface area contributed by atoms with Gasteiger partial charge in [-0.25, -0.2) is 4.39 Å². The molecule has 1 amide bonds. The number of pyridine rings is 1. The van der Waals surface area contributed by atoms with Crippen LogP contribution in [0.2, 0.25) is 0 Å². The molecule has 8 nitrogen and oxygen atoms in total. The number of aromatic amines is 1. The maximum atomic E-state index is 15.5. The zero-order valence-electron chi connectivity index (χ0n) is 25.9. The van der Waals surface area contributed by atoms with E-state index in [4.69, 9.17) is 4.74 Å². The van der Waals surface area contributed by atoms with Crippen molar-refractivity contribution >= 4 is 5.91 Å². The number of rotatable bonds is 9. The Balaban J connectivity index is 1.21. The molecule has 1 aliphatic heterocycles. The molecule has 1 saturated heterocycles. The number of hydrogen-bond donors (Lipinski definition) is 2. The summed E-state index contributed by atoms with van der Waals surface area (Å²) in [7, 11) is 0. The molecule has 0 radical (unpaired) electrons. The van der Waals surface area contributed by atoms with Crippen LogP contribution >= 0.6 is 0 Å². The molecule has 2 N–H and O–H groups in total. The van der Waals surface area contributed by atoms with E-state index in [9.17, 15) is 9.59 Å². The first kappa shape index (κ1) is 30.6. The highest BCUT2D eigenvalue weighted by Crippen LogP contribution is 2.32. The average molecular weight is 610 g/mol. The molecule has 0 atom stereocenters. The van der Waals surface area contributed by atoms with E-state index in [0.29, 0.717) is 34.6 Å². The number of carbonyl (C=O) groups excluding carboxylic acids is 1. The number of nitrogens with one attached hydrogen (secondary N) is 2. The van der Waals surface area contributed by atoms with E-state index in [1.54, 1.807) is 30.5 Å². The fraction of sp³-hybridized carbons (Fsp3) is 0.389. The van der Waals surface area contributed by atoms with Gasteiger partial charge in [-0.1, -0.05) is 32.8 Å². The molecule has 2 aliphatic rings. The fourth-order valence-corrected chi connectivity index (χ4v) is 6.37.